The van der Waals surface area contributed by atoms with Gasteiger partial charge in [-0.3, -0.25) is 4.68 Å². The van der Waals surface area contributed by atoms with Gasteiger partial charge in [0.1, 0.15) is 0 Å². The molecule has 0 radical (unpaired) electrons. The lowest BCUT2D eigenvalue weighted by Crippen LogP contribution is -2.18. The van der Waals surface area contributed by atoms with Crippen molar-refractivity contribution in [3.8, 4) is 0 Å². The van der Waals surface area contributed by atoms with Crippen LogP contribution in [0.3, 0.4) is 0 Å². The molecule has 0 fully saturated rings. The van der Waals surface area contributed by atoms with Gasteiger partial charge in [0.05, 0.1) is 11.2 Å². The summed E-state index contributed by atoms with van der Waals surface area (Å²) in [5.41, 5.74) is 2.29. The minimum atomic E-state index is 0.276. The summed E-state index contributed by atoms with van der Waals surface area (Å²) in [6, 6.07) is 8.31. The number of fused-ring (bicyclic) bond motifs is 1. The first kappa shape index (κ1) is 13.4. The molecule has 0 aliphatic carbocycles. The molecule has 1 unspecified atom stereocenters. The van der Waals surface area contributed by atoms with Gasteiger partial charge in [-0.25, -0.2) is 0 Å². The van der Waals surface area contributed by atoms with E-state index in [1.165, 1.54) is 10.9 Å². The third-order valence-electron chi connectivity index (χ3n) is 3.20. The van der Waals surface area contributed by atoms with E-state index in [-0.39, 0.29) is 5.38 Å². The van der Waals surface area contributed by atoms with Crippen molar-refractivity contribution in [3.63, 3.8) is 0 Å². The summed E-state index contributed by atoms with van der Waals surface area (Å²) >= 11 is 6.09. The number of nitrogens with one attached hydrogen (secondary N) is 1. The first-order chi connectivity index (χ1) is 8.72. The molecule has 1 heterocycles. The summed E-state index contributed by atoms with van der Waals surface area (Å²) < 4.78 is 1.93. The second kappa shape index (κ2) is 6.21. The van der Waals surface area contributed by atoms with Crippen LogP contribution in [0, 0.1) is 0 Å². The van der Waals surface area contributed by atoms with Crippen molar-refractivity contribution in [3.05, 3.63) is 30.0 Å². The summed E-state index contributed by atoms with van der Waals surface area (Å²) in [5, 5.41) is 9.46. The number of alkyl halides is 1. The van der Waals surface area contributed by atoms with Crippen LogP contribution in [0.15, 0.2) is 24.3 Å². The van der Waals surface area contributed by atoms with Crippen molar-refractivity contribution in [1.29, 1.82) is 0 Å². The van der Waals surface area contributed by atoms with Gasteiger partial charge in [-0.1, -0.05) is 25.1 Å². The quantitative estimate of drug-likeness (QED) is 0.643. The van der Waals surface area contributed by atoms with Crippen LogP contribution >= 0.6 is 11.6 Å². The van der Waals surface area contributed by atoms with Gasteiger partial charge < -0.3 is 5.32 Å². The predicted octanol–water partition coefficient (Wildman–Crippen LogP) is 3.07. The zero-order valence-corrected chi connectivity index (χ0v) is 11.7. The highest BCUT2D eigenvalue weighted by Gasteiger charge is 2.07. The number of hydrogen-bond acceptors (Lipinski definition) is 2. The van der Waals surface area contributed by atoms with Gasteiger partial charge in [0.15, 0.2) is 0 Å². The molecular weight excluding hydrogens is 246 g/mol. The number of aryl methyl sites for hydroxylation is 1. The van der Waals surface area contributed by atoms with Gasteiger partial charge in [0.25, 0.3) is 0 Å². The van der Waals surface area contributed by atoms with Crippen LogP contribution in [0.25, 0.3) is 10.9 Å². The Morgan fingerprint density at radius 1 is 1.39 bits per heavy atom. The van der Waals surface area contributed by atoms with E-state index in [9.17, 15) is 0 Å². The van der Waals surface area contributed by atoms with Crippen molar-refractivity contribution in [2.75, 3.05) is 6.54 Å². The lowest BCUT2D eigenvalue weighted by molar-refractivity contribution is 0.610. The van der Waals surface area contributed by atoms with Crippen LogP contribution in [0.5, 0.6) is 0 Å². The molecule has 98 valence electrons. The number of aromatic nitrogens is 2. The van der Waals surface area contributed by atoms with E-state index < -0.39 is 0 Å². The Hall–Kier alpha value is -1.06. The largest absolute Gasteiger partial charge is 0.311 e. The summed E-state index contributed by atoms with van der Waals surface area (Å²) in [5.74, 6) is 0. The van der Waals surface area contributed by atoms with Gasteiger partial charge in [-0.15, -0.1) is 11.6 Å². The minimum Gasteiger partial charge on any atom is -0.311 e. The Morgan fingerprint density at radius 2 is 2.17 bits per heavy atom. The molecule has 1 atom stereocenters. The predicted molar refractivity (Wildman–Crippen MR) is 77.0 cm³/mol. The molecule has 0 saturated heterocycles. The van der Waals surface area contributed by atoms with E-state index in [1.54, 1.807) is 0 Å². The maximum Gasteiger partial charge on any atom is 0.0841 e. The molecule has 4 heteroatoms. The fourth-order valence-corrected chi connectivity index (χ4v) is 2.20. The van der Waals surface area contributed by atoms with Crippen molar-refractivity contribution < 1.29 is 0 Å². The number of hydrogen-bond donors (Lipinski definition) is 1. The average Bonchev–Trinajstić information content (AvgIpc) is 2.72. The van der Waals surface area contributed by atoms with Gasteiger partial charge in [0.2, 0.25) is 0 Å². The van der Waals surface area contributed by atoms with E-state index in [0.717, 1.165) is 31.6 Å². The van der Waals surface area contributed by atoms with Crippen LogP contribution < -0.4 is 5.32 Å². The highest BCUT2D eigenvalue weighted by Crippen LogP contribution is 2.17. The van der Waals surface area contributed by atoms with Crippen LogP contribution in [0.1, 0.15) is 25.5 Å². The number of benzene rings is 1. The first-order valence-corrected chi connectivity index (χ1v) is 6.91. The Morgan fingerprint density at radius 3 is 2.94 bits per heavy atom. The van der Waals surface area contributed by atoms with E-state index in [1.807, 2.05) is 17.8 Å². The van der Waals surface area contributed by atoms with Crippen molar-refractivity contribution in [1.82, 2.24) is 15.1 Å². The molecule has 1 aromatic carbocycles. The van der Waals surface area contributed by atoms with Gasteiger partial charge >= 0.3 is 0 Å². The van der Waals surface area contributed by atoms with Crippen molar-refractivity contribution >= 4 is 22.5 Å². The van der Waals surface area contributed by atoms with Gasteiger partial charge in [-0.05, 0) is 25.5 Å². The fraction of sp³-hybridized carbons (Fsp3) is 0.500. The van der Waals surface area contributed by atoms with E-state index >= 15 is 0 Å². The summed E-state index contributed by atoms with van der Waals surface area (Å²) in [6.45, 7) is 3.85. The fourth-order valence-electron chi connectivity index (χ4n) is 2.09. The Kier molecular flexibility index (Phi) is 4.61. The van der Waals surface area contributed by atoms with Gasteiger partial charge in [0, 0.05) is 24.4 Å². The van der Waals surface area contributed by atoms with Crippen molar-refractivity contribution in [2.24, 2.45) is 7.05 Å². The summed E-state index contributed by atoms with van der Waals surface area (Å²) in [6.07, 6.45) is 2.03. The van der Waals surface area contributed by atoms with Crippen molar-refractivity contribution in [2.45, 2.75) is 31.7 Å². The third kappa shape index (κ3) is 3.03. The second-order valence-corrected chi connectivity index (χ2v) is 5.18. The van der Waals surface area contributed by atoms with E-state index in [4.69, 9.17) is 11.6 Å². The van der Waals surface area contributed by atoms with Crippen LogP contribution in [-0.2, 0) is 13.6 Å². The van der Waals surface area contributed by atoms with E-state index in [2.05, 4.69) is 35.5 Å². The zero-order valence-electron chi connectivity index (χ0n) is 11.0. The molecule has 3 nitrogen and oxygen atoms in total. The van der Waals surface area contributed by atoms with E-state index in [0.29, 0.717) is 0 Å². The molecule has 0 aliphatic heterocycles. The molecule has 2 aromatic rings. The average molecular weight is 266 g/mol. The summed E-state index contributed by atoms with van der Waals surface area (Å²) in [7, 11) is 1.98. The Labute approximate surface area is 113 Å². The smallest absolute Gasteiger partial charge is 0.0841 e. The normalized spacial score (nSPS) is 13.1. The maximum absolute atomic E-state index is 6.09. The second-order valence-electron chi connectivity index (χ2n) is 4.56. The molecule has 0 bridgehead atoms. The molecule has 1 N–H and O–H groups in total. The van der Waals surface area contributed by atoms with Crippen LogP contribution in [0.4, 0.5) is 0 Å². The number of rotatable bonds is 6. The molecule has 0 spiro atoms. The first-order valence-electron chi connectivity index (χ1n) is 6.47. The topological polar surface area (TPSA) is 29.9 Å². The number of nitrogens with zero attached hydrogens (tertiary/aromatic N) is 2. The SMILES string of the molecule is CCC(Cl)CCNCc1nn(C)c2ccccc12. The summed E-state index contributed by atoms with van der Waals surface area (Å²) in [4.78, 5) is 0. The molecule has 18 heavy (non-hydrogen) atoms. The number of halogens is 1. The Bertz CT molecular complexity index is 507. The van der Waals surface area contributed by atoms with Crippen LogP contribution in [0.2, 0.25) is 0 Å². The Balaban J connectivity index is 1.96. The molecule has 2 rings (SSSR count). The lowest BCUT2D eigenvalue weighted by Gasteiger charge is -2.06. The molecule has 0 aliphatic rings. The zero-order chi connectivity index (χ0) is 13.0. The molecule has 0 amide bonds. The van der Waals surface area contributed by atoms with Gasteiger partial charge in [-0.2, -0.15) is 5.10 Å². The number of para-hydroxylation sites is 1. The standard InChI is InChI=1S/C14H20ClN3/c1-3-11(15)8-9-16-10-13-12-6-4-5-7-14(12)18(2)17-13/h4-7,11,16H,3,8-10H2,1-2H3. The maximum atomic E-state index is 6.09. The molecule has 0 saturated carbocycles. The third-order valence-corrected chi connectivity index (χ3v) is 3.73. The highest BCUT2D eigenvalue weighted by atomic mass is 35.5. The molecule has 1 aromatic heterocycles. The monoisotopic (exact) mass is 265 g/mol. The highest BCUT2D eigenvalue weighted by molar-refractivity contribution is 6.20. The van der Waals surface area contributed by atoms with Crippen LogP contribution in [-0.4, -0.2) is 21.7 Å². The lowest BCUT2D eigenvalue weighted by atomic mass is 10.2. The molecular formula is C14H20ClN3. The minimum absolute atomic E-state index is 0.276.